The smallest absolute Gasteiger partial charge is 0.326 e. The van der Waals surface area contributed by atoms with E-state index >= 15 is 0 Å². The van der Waals surface area contributed by atoms with Crippen LogP contribution >= 0.6 is 23.5 Å². The molecule has 0 aromatic heterocycles. The summed E-state index contributed by atoms with van der Waals surface area (Å²) in [7, 11) is 0. The van der Waals surface area contributed by atoms with Crippen LogP contribution in [0.5, 0.6) is 0 Å². The molecule has 0 aliphatic carbocycles. The summed E-state index contributed by atoms with van der Waals surface area (Å²) in [5.41, 5.74) is 5.43. The Balaban J connectivity index is 5.11. The molecule has 0 spiro atoms. The molecule has 0 saturated carbocycles. The zero-order chi connectivity index (χ0) is 21.7. The molecule has 12 heteroatoms. The van der Waals surface area contributed by atoms with E-state index in [2.05, 4.69) is 16.0 Å². The highest BCUT2D eigenvalue weighted by Crippen LogP contribution is 2.05. The lowest BCUT2D eigenvalue weighted by atomic mass is 10.1. The molecule has 4 unspecified atom stereocenters. The van der Waals surface area contributed by atoms with Gasteiger partial charge in [-0.1, -0.05) is 0 Å². The molecule has 10 nitrogen and oxygen atoms in total. The van der Waals surface area contributed by atoms with E-state index in [1.165, 1.54) is 30.4 Å². The van der Waals surface area contributed by atoms with Crippen molar-refractivity contribution in [2.75, 3.05) is 30.6 Å². The summed E-state index contributed by atoms with van der Waals surface area (Å²) in [6.45, 7) is 0.754. The fraction of sp³-hybridized carbons (Fsp3) is 0.750. The van der Waals surface area contributed by atoms with Crippen LogP contribution in [0.25, 0.3) is 0 Å². The van der Waals surface area contributed by atoms with Crippen LogP contribution in [0.2, 0.25) is 0 Å². The Morgan fingerprint density at radius 3 is 1.71 bits per heavy atom. The number of hydrogen-bond acceptors (Lipinski definition) is 8. The average Bonchev–Trinajstić information content (AvgIpc) is 2.65. The van der Waals surface area contributed by atoms with Gasteiger partial charge in [-0.05, 0) is 43.8 Å². The first-order chi connectivity index (χ1) is 13.2. The van der Waals surface area contributed by atoms with Crippen molar-refractivity contribution >= 4 is 47.2 Å². The highest BCUT2D eigenvalue weighted by Gasteiger charge is 2.29. The number of nitrogens with one attached hydrogen (secondary N) is 3. The lowest BCUT2D eigenvalue weighted by Gasteiger charge is -2.24. The Kier molecular flexibility index (Phi) is 13.7. The quantitative estimate of drug-likeness (QED) is 0.186. The molecular formula is C16H30N4O6S2. The van der Waals surface area contributed by atoms with Gasteiger partial charge in [0.05, 0.1) is 12.6 Å². The topological polar surface area (TPSA) is 171 Å². The maximum absolute atomic E-state index is 12.5. The normalized spacial score (nSPS) is 15.0. The summed E-state index contributed by atoms with van der Waals surface area (Å²) in [6.07, 6.45) is 4.16. The number of carbonyl (C=O) groups is 4. The third-order valence-electron chi connectivity index (χ3n) is 3.70. The van der Waals surface area contributed by atoms with Crippen molar-refractivity contribution in [2.24, 2.45) is 5.73 Å². The van der Waals surface area contributed by atoms with E-state index in [9.17, 15) is 29.4 Å². The van der Waals surface area contributed by atoms with E-state index in [4.69, 9.17) is 5.73 Å². The van der Waals surface area contributed by atoms with Crippen LogP contribution in [0.1, 0.15) is 19.8 Å². The van der Waals surface area contributed by atoms with Crippen molar-refractivity contribution in [3.63, 3.8) is 0 Å². The number of rotatable bonds is 14. The van der Waals surface area contributed by atoms with Crippen LogP contribution < -0.4 is 21.7 Å². The Hall–Kier alpha value is -1.50. The Labute approximate surface area is 173 Å². The number of aliphatic hydroxyl groups excluding tert-OH is 1. The molecule has 0 rings (SSSR count). The second-order valence-corrected chi connectivity index (χ2v) is 8.03. The first-order valence-electron chi connectivity index (χ1n) is 8.66. The minimum atomic E-state index is -1.27. The Morgan fingerprint density at radius 1 is 0.857 bits per heavy atom. The zero-order valence-electron chi connectivity index (χ0n) is 16.3. The predicted octanol–water partition coefficient (Wildman–Crippen LogP) is -1.63. The maximum Gasteiger partial charge on any atom is 0.326 e. The van der Waals surface area contributed by atoms with E-state index < -0.39 is 54.5 Å². The van der Waals surface area contributed by atoms with Crippen molar-refractivity contribution in [1.82, 2.24) is 16.0 Å². The Bertz CT molecular complexity index is 535. The summed E-state index contributed by atoms with van der Waals surface area (Å²) in [6, 6.07) is -4.21. The van der Waals surface area contributed by atoms with Crippen LogP contribution in [0.15, 0.2) is 0 Å². The lowest BCUT2D eigenvalue weighted by Crippen LogP contribution is -2.58. The lowest BCUT2D eigenvalue weighted by molar-refractivity contribution is -0.142. The van der Waals surface area contributed by atoms with Gasteiger partial charge in [-0.2, -0.15) is 23.5 Å². The van der Waals surface area contributed by atoms with E-state index in [1.807, 2.05) is 12.5 Å². The highest BCUT2D eigenvalue weighted by molar-refractivity contribution is 7.98. The van der Waals surface area contributed by atoms with Crippen molar-refractivity contribution in [3.8, 4) is 0 Å². The van der Waals surface area contributed by atoms with Crippen LogP contribution in [0.4, 0.5) is 0 Å². The van der Waals surface area contributed by atoms with Gasteiger partial charge in [-0.15, -0.1) is 0 Å². The first-order valence-corrected chi connectivity index (χ1v) is 11.4. The van der Waals surface area contributed by atoms with Gasteiger partial charge < -0.3 is 31.9 Å². The van der Waals surface area contributed by atoms with Gasteiger partial charge >= 0.3 is 5.97 Å². The molecule has 162 valence electrons. The van der Waals surface area contributed by atoms with Gasteiger partial charge in [-0.25, -0.2) is 4.79 Å². The number of carboxylic acids is 1. The highest BCUT2D eigenvalue weighted by atomic mass is 32.2. The SMILES string of the molecule is CSCCC(NC(=O)C(CCSC)NC(=O)C(CO)NC(=O)C(C)N)C(=O)O. The number of aliphatic hydroxyl groups is 1. The van der Waals surface area contributed by atoms with Gasteiger partial charge in [0, 0.05) is 0 Å². The Morgan fingerprint density at radius 2 is 1.29 bits per heavy atom. The summed E-state index contributed by atoms with van der Waals surface area (Å²) >= 11 is 2.91. The minimum absolute atomic E-state index is 0.245. The van der Waals surface area contributed by atoms with Crippen molar-refractivity contribution in [1.29, 1.82) is 0 Å². The van der Waals surface area contributed by atoms with Gasteiger partial charge in [0.25, 0.3) is 0 Å². The molecular weight excluding hydrogens is 408 g/mol. The molecule has 0 saturated heterocycles. The molecule has 0 heterocycles. The average molecular weight is 439 g/mol. The van der Waals surface area contributed by atoms with Crippen LogP contribution in [0.3, 0.4) is 0 Å². The molecule has 0 fully saturated rings. The maximum atomic E-state index is 12.5. The third-order valence-corrected chi connectivity index (χ3v) is 4.99. The molecule has 4 atom stereocenters. The number of thioether (sulfide) groups is 2. The summed E-state index contributed by atoms with van der Waals surface area (Å²) in [5.74, 6) is -2.08. The van der Waals surface area contributed by atoms with E-state index in [1.54, 1.807) is 0 Å². The third kappa shape index (κ3) is 10.2. The van der Waals surface area contributed by atoms with Gasteiger partial charge in [-0.3, -0.25) is 14.4 Å². The number of aliphatic carboxylic acids is 1. The second-order valence-electron chi connectivity index (χ2n) is 6.06. The fourth-order valence-electron chi connectivity index (χ4n) is 2.04. The van der Waals surface area contributed by atoms with E-state index in [0.29, 0.717) is 11.5 Å². The van der Waals surface area contributed by atoms with E-state index in [0.717, 1.165) is 0 Å². The molecule has 28 heavy (non-hydrogen) atoms. The van der Waals surface area contributed by atoms with E-state index in [-0.39, 0.29) is 12.8 Å². The number of carboxylic acid groups (broad SMARTS) is 1. The molecule has 0 aromatic rings. The summed E-state index contributed by atoms with van der Waals surface area (Å²) in [5, 5.41) is 25.8. The van der Waals surface area contributed by atoms with Crippen molar-refractivity contribution < 1.29 is 29.4 Å². The minimum Gasteiger partial charge on any atom is -0.480 e. The number of nitrogens with two attached hydrogens (primary N) is 1. The van der Waals surface area contributed by atoms with Gasteiger partial charge in [0.1, 0.15) is 18.1 Å². The van der Waals surface area contributed by atoms with Crippen LogP contribution in [-0.4, -0.2) is 88.7 Å². The predicted molar refractivity (Wildman–Crippen MR) is 110 cm³/mol. The monoisotopic (exact) mass is 438 g/mol. The molecule has 0 aliphatic rings. The molecule has 0 aromatic carbocycles. The molecule has 7 N–H and O–H groups in total. The largest absolute Gasteiger partial charge is 0.480 e. The number of hydrogen-bond donors (Lipinski definition) is 6. The summed E-state index contributed by atoms with van der Waals surface area (Å²) < 4.78 is 0. The van der Waals surface area contributed by atoms with Crippen molar-refractivity contribution in [3.05, 3.63) is 0 Å². The van der Waals surface area contributed by atoms with Gasteiger partial charge in [0.15, 0.2) is 0 Å². The molecule has 0 aliphatic heterocycles. The standard InChI is InChI=1S/C16H30N4O6S2/c1-9(17)13(22)20-12(8-21)15(24)18-10(4-6-27-2)14(23)19-11(16(25)26)5-7-28-3/h9-12,21H,4-8,17H2,1-3H3,(H,18,24)(H,19,23)(H,20,22)(H,25,26). The number of carbonyl (C=O) groups excluding carboxylic acids is 3. The second kappa shape index (κ2) is 14.5. The summed E-state index contributed by atoms with van der Waals surface area (Å²) in [4.78, 5) is 47.9. The molecule has 0 radical (unpaired) electrons. The van der Waals surface area contributed by atoms with Crippen LogP contribution in [0, 0.1) is 0 Å². The first kappa shape index (κ1) is 26.5. The van der Waals surface area contributed by atoms with Crippen molar-refractivity contribution in [2.45, 2.75) is 43.9 Å². The number of amides is 3. The molecule has 0 bridgehead atoms. The zero-order valence-corrected chi connectivity index (χ0v) is 17.9. The van der Waals surface area contributed by atoms with Gasteiger partial charge in [0.2, 0.25) is 17.7 Å². The fourth-order valence-corrected chi connectivity index (χ4v) is 2.98. The molecule has 3 amide bonds. The van der Waals surface area contributed by atoms with Crippen LogP contribution in [-0.2, 0) is 19.2 Å².